The standard InChI is InChI=1S/C9H17N5/c1-11-9-13-12-8(6-10)14(9)7-4-2-3-5-7/h7H,2-6,10H2,1H3,(H,11,13). The summed E-state index contributed by atoms with van der Waals surface area (Å²) < 4.78 is 2.16. The Balaban J connectivity index is 2.31. The minimum Gasteiger partial charge on any atom is -0.357 e. The summed E-state index contributed by atoms with van der Waals surface area (Å²) in [6.45, 7) is 0.463. The third kappa shape index (κ3) is 1.48. The van der Waals surface area contributed by atoms with Gasteiger partial charge in [0.1, 0.15) is 5.82 Å². The number of hydrogen-bond acceptors (Lipinski definition) is 4. The molecule has 0 unspecified atom stereocenters. The zero-order chi connectivity index (χ0) is 9.97. The Hall–Kier alpha value is -1.10. The van der Waals surface area contributed by atoms with Crippen LogP contribution in [0.4, 0.5) is 5.95 Å². The molecule has 0 atom stereocenters. The van der Waals surface area contributed by atoms with Crippen LogP contribution in [-0.4, -0.2) is 21.8 Å². The van der Waals surface area contributed by atoms with Gasteiger partial charge >= 0.3 is 0 Å². The molecule has 1 aromatic heterocycles. The molecule has 78 valence electrons. The van der Waals surface area contributed by atoms with Crippen LogP contribution < -0.4 is 11.1 Å². The number of aromatic nitrogens is 3. The van der Waals surface area contributed by atoms with Gasteiger partial charge < -0.3 is 11.1 Å². The topological polar surface area (TPSA) is 68.8 Å². The molecule has 0 spiro atoms. The van der Waals surface area contributed by atoms with Gasteiger partial charge in [0.15, 0.2) is 0 Å². The molecule has 0 radical (unpaired) electrons. The summed E-state index contributed by atoms with van der Waals surface area (Å²) in [5.74, 6) is 1.73. The highest BCUT2D eigenvalue weighted by atomic mass is 15.4. The molecule has 14 heavy (non-hydrogen) atoms. The van der Waals surface area contributed by atoms with Crippen molar-refractivity contribution in [1.29, 1.82) is 0 Å². The van der Waals surface area contributed by atoms with Crippen molar-refractivity contribution in [3.63, 3.8) is 0 Å². The van der Waals surface area contributed by atoms with Crippen LogP contribution in [0.25, 0.3) is 0 Å². The van der Waals surface area contributed by atoms with Crippen molar-refractivity contribution < 1.29 is 0 Å². The summed E-state index contributed by atoms with van der Waals surface area (Å²) >= 11 is 0. The number of hydrogen-bond donors (Lipinski definition) is 2. The number of nitrogens with zero attached hydrogens (tertiary/aromatic N) is 3. The second-order valence-electron chi connectivity index (χ2n) is 3.70. The molecule has 0 bridgehead atoms. The maximum absolute atomic E-state index is 5.64. The van der Waals surface area contributed by atoms with Crippen LogP contribution in [-0.2, 0) is 6.54 Å². The minimum atomic E-state index is 0.463. The molecule has 1 aromatic rings. The van der Waals surface area contributed by atoms with Crippen molar-refractivity contribution in [2.45, 2.75) is 38.3 Å². The molecule has 0 aromatic carbocycles. The summed E-state index contributed by atoms with van der Waals surface area (Å²) in [6.07, 6.45) is 5.05. The Morgan fingerprint density at radius 3 is 2.71 bits per heavy atom. The first-order chi connectivity index (χ1) is 6.86. The second-order valence-corrected chi connectivity index (χ2v) is 3.70. The van der Waals surface area contributed by atoms with Crippen molar-refractivity contribution in [3.8, 4) is 0 Å². The fourth-order valence-corrected chi connectivity index (χ4v) is 2.18. The van der Waals surface area contributed by atoms with E-state index in [-0.39, 0.29) is 0 Å². The lowest BCUT2D eigenvalue weighted by molar-refractivity contribution is 0.502. The molecular weight excluding hydrogens is 178 g/mol. The van der Waals surface area contributed by atoms with Gasteiger partial charge in [0.2, 0.25) is 5.95 Å². The number of nitrogens with two attached hydrogens (primary N) is 1. The lowest BCUT2D eigenvalue weighted by atomic mass is 10.2. The van der Waals surface area contributed by atoms with Crippen LogP contribution in [0, 0.1) is 0 Å². The van der Waals surface area contributed by atoms with Gasteiger partial charge in [-0.1, -0.05) is 12.8 Å². The van der Waals surface area contributed by atoms with Crippen molar-refractivity contribution in [2.24, 2.45) is 5.73 Å². The van der Waals surface area contributed by atoms with E-state index in [1.807, 2.05) is 7.05 Å². The van der Waals surface area contributed by atoms with E-state index in [0.717, 1.165) is 11.8 Å². The smallest absolute Gasteiger partial charge is 0.224 e. The lowest BCUT2D eigenvalue weighted by Gasteiger charge is -2.15. The summed E-state index contributed by atoms with van der Waals surface area (Å²) in [7, 11) is 1.87. The predicted octanol–water partition coefficient (Wildman–Crippen LogP) is 0.894. The van der Waals surface area contributed by atoms with Gasteiger partial charge in [0.25, 0.3) is 0 Å². The first-order valence-electron chi connectivity index (χ1n) is 5.18. The Kier molecular flexibility index (Phi) is 2.67. The predicted molar refractivity (Wildman–Crippen MR) is 55.0 cm³/mol. The van der Waals surface area contributed by atoms with Gasteiger partial charge in [0, 0.05) is 13.1 Å². The average molecular weight is 195 g/mol. The van der Waals surface area contributed by atoms with E-state index in [0.29, 0.717) is 12.6 Å². The van der Waals surface area contributed by atoms with Crippen molar-refractivity contribution in [1.82, 2.24) is 14.8 Å². The van der Waals surface area contributed by atoms with Crippen molar-refractivity contribution in [3.05, 3.63) is 5.82 Å². The van der Waals surface area contributed by atoms with Gasteiger partial charge in [0.05, 0.1) is 6.54 Å². The monoisotopic (exact) mass is 195 g/mol. The molecular formula is C9H17N5. The molecule has 1 aliphatic carbocycles. The van der Waals surface area contributed by atoms with Crippen LogP contribution in [0.5, 0.6) is 0 Å². The van der Waals surface area contributed by atoms with Gasteiger partial charge in [-0.25, -0.2) is 0 Å². The maximum atomic E-state index is 5.64. The van der Waals surface area contributed by atoms with E-state index in [1.54, 1.807) is 0 Å². The zero-order valence-electron chi connectivity index (χ0n) is 8.53. The Labute approximate surface area is 83.7 Å². The maximum Gasteiger partial charge on any atom is 0.224 e. The molecule has 1 fully saturated rings. The summed E-state index contributed by atoms with van der Waals surface area (Å²) in [5, 5.41) is 11.2. The summed E-state index contributed by atoms with van der Waals surface area (Å²) in [5.41, 5.74) is 5.64. The SMILES string of the molecule is CNc1nnc(CN)n1C1CCCC1. The van der Waals surface area contributed by atoms with Crippen molar-refractivity contribution >= 4 is 5.95 Å². The van der Waals surface area contributed by atoms with Crippen LogP contribution >= 0.6 is 0 Å². The molecule has 0 aliphatic heterocycles. The molecule has 5 nitrogen and oxygen atoms in total. The fourth-order valence-electron chi connectivity index (χ4n) is 2.18. The normalized spacial score (nSPS) is 17.6. The van der Waals surface area contributed by atoms with Crippen LogP contribution in [0.15, 0.2) is 0 Å². The highest BCUT2D eigenvalue weighted by Gasteiger charge is 2.22. The Morgan fingerprint density at radius 1 is 1.43 bits per heavy atom. The van der Waals surface area contributed by atoms with E-state index < -0.39 is 0 Å². The van der Waals surface area contributed by atoms with Gasteiger partial charge in [-0.05, 0) is 12.8 Å². The molecule has 1 heterocycles. The third-order valence-electron chi connectivity index (χ3n) is 2.86. The Morgan fingerprint density at radius 2 is 2.14 bits per heavy atom. The zero-order valence-corrected chi connectivity index (χ0v) is 8.53. The van der Waals surface area contributed by atoms with E-state index in [9.17, 15) is 0 Å². The molecule has 0 saturated heterocycles. The number of anilines is 1. The second kappa shape index (κ2) is 3.96. The van der Waals surface area contributed by atoms with Gasteiger partial charge in [-0.2, -0.15) is 0 Å². The van der Waals surface area contributed by atoms with Crippen LogP contribution in [0.3, 0.4) is 0 Å². The van der Waals surface area contributed by atoms with E-state index >= 15 is 0 Å². The van der Waals surface area contributed by atoms with Crippen LogP contribution in [0.2, 0.25) is 0 Å². The number of nitrogens with one attached hydrogen (secondary N) is 1. The first kappa shape index (κ1) is 9.45. The largest absolute Gasteiger partial charge is 0.357 e. The van der Waals surface area contributed by atoms with Gasteiger partial charge in [-0.15, -0.1) is 10.2 Å². The summed E-state index contributed by atoms with van der Waals surface area (Å²) in [4.78, 5) is 0. The van der Waals surface area contributed by atoms with Crippen molar-refractivity contribution in [2.75, 3.05) is 12.4 Å². The van der Waals surface area contributed by atoms with Gasteiger partial charge in [-0.3, -0.25) is 4.57 Å². The molecule has 0 amide bonds. The summed E-state index contributed by atoms with van der Waals surface area (Å²) in [6, 6.07) is 0.547. The first-order valence-corrected chi connectivity index (χ1v) is 5.18. The molecule has 3 N–H and O–H groups in total. The third-order valence-corrected chi connectivity index (χ3v) is 2.86. The Bertz CT molecular complexity index is 279. The molecule has 1 aliphatic rings. The quantitative estimate of drug-likeness (QED) is 0.751. The molecule has 1 saturated carbocycles. The fraction of sp³-hybridized carbons (Fsp3) is 0.778. The van der Waals surface area contributed by atoms with E-state index in [1.165, 1.54) is 25.7 Å². The highest BCUT2D eigenvalue weighted by molar-refractivity contribution is 5.25. The molecule has 2 rings (SSSR count). The average Bonchev–Trinajstić information content (AvgIpc) is 2.85. The van der Waals surface area contributed by atoms with Crippen LogP contribution in [0.1, 0.15) is 37.5 Å². The highest BCUT2D eigenvalue weighted by Crippen LogP contribution is 2.32. The minimum absolute atomic E-state index is 0.463. The number of rotatable bonds is 3. The van der Waals surface area contributed by atoms with E-state index in [2.05, 4.69) is 20.1 Å². The van der Waals surface area contributed by atoms with E-state index in [4.69, 9.17) is 5.73 Å². The lowest BCUT2D eigenvalue weighted by Crippen LogP contribution is -2.14. The molecule has 5 heteroatoms.